The van der Waals surface area contributed by atoms with Crippen molar-refractivity contribution < 1.29 is 14.3 Å². The summed E-state index contributed by atoms with van der Waals surface area (Å²) in [6.07, 6.45) is 8.36. The molecule has 0 unspecified atom stereocenters. The van der Waals surface area contributed by atoms with Crippen molar-refractivity contribution in [2.45, 2.75) is 63.5 Å². The van der Waals surface area contributed by atoms with Crippen molar-refractivity contribution in [3.63, 3.8) is 0 Å². The Morgan fingerprint density at radius 1 is 1.07 bits per heavy atom. The summed E-state index contributed by atoms with van der Waals surface area (Å²) < 4.78 is 5.73. The molecule has 1 heterocycles. The molecule has 144 valence electrons. The Kier molecular flexibility index (Phi) is 5.13. The van der Waals surface area contributed by atoms with Gasteiger partial charge in [0.1, 0.15) is 11.4 Å². The van der Waals surface area contributed by atoms with Crippen LogP contribution in [0.4, 0.5) is 0 Å². The molecule has 27 heavy (non-hydrogen) atoms. The number of rotatable bonds is 3. The van der Waals surface area contributed by atoms with Crippen molar-refractivity contribution in [1.82, 2.24) is 10.2 Å². The van der Waals surface area contributed by atoms with Crippen LogP contribution in [0.5, 0.6) is 5.75 Å². The molecule has 0 radical (unpaired) electrons. The SMILES string of the molecule is O=C1NC2(CCCCC2)N(C(=O)COc2ccc(Cl)cc2)C2=C1CCCC2. The van der Waals surface area contributed by atoms with E-state index >= 15 is 0 Å². The van der Waals surface area contributed by atoms with Gasteiger partial charge in [-0.2, -0.15) is 0 Å². The van der Waals surface area contributed by atoms with Gasteiger partial charge in [-0.3, -0.25) is 14.5 Å². The highest BCUT2D eigenvalue weighted by Gasteiger charge is 2.48. The number of carbonyl (C=O) groups excluding carboxylic acids is 2. The summed E-state index contributed by atoms with van der Waals surface area (Å²) >= 11 is 5.91. The van der Waals surface area contributed by atoms with E-state index in [9.17, 15) is 9.59 Å². The number of nitrogens with zero attached hydrogens (tertiary/aromatic N) is 1. The van der Waals surface area contributed by atoms with Gasteiger partial charge in [-0.05, 0) is 75.6 Å². The van der Waals surface area contributed by atoms with E-state index in [-0.39, 0.29) is 18.4 Å². The number of hydrogen-bond acceptors (Lipinski definition) is 3. The van der Waals surface area contributed by atoms with E-state index in [0.717, 1.165) is 69.1 Å². The molecule has 5 nitrogen and oxygen atoms in total. The summed E-state index contributed by atoms with van der Waals surface area (Å²) in [5.74, 6) is 0.555. The third-order valence-corrected chi connectivity index (χ3v) is 6.11. The number of nitrogens with one attached hydrogen (secondary N) is 1. The molecule has 1 spiro atoms. The van der Waals surface area contributed by atoms with E-state index in [0.29, 0.717) is 10.8 Å². The molecule has 1 aliphatic heterocycles. The Bertz CT molecular complexity index is 766. The van der Waals surface area contributed by atoms with Gasteiger partial charge in [-0.25, -0.2) is 0 Å². The maximum absolute atomic E-state index is 13.3. The Labute approximate surface area is 164 Å². The molecule has 0 atom stereocenters. The Morgan fingerprint density at radius 3 is 2.52 bits per heavy atom. The summed E-state index contributed by atoms with van der Waals surface area (Å²) in [7, 11) is 0. The largest absolute Gasteiger partial charge is 0.484 e. The molecular formula is C21H25ClN2O3. The molecule has 0 aromatic heterocycles. The average molecular weight is 389 g/mol. The molecule has 0 bridgehead atoms. The van der Waals surface area contributed by atoms with Gasteiger partial charge in [0.2, 0.25) is 0 Å². The van der Waals surface area contributed by atoms with Crippen molar-refractivity contribution in [3.8, 4) is 5.75 Å². The minimum atomic E-state index is -0.577. The van der Waals surface area contributed by atoms with Crippen molar-refractivity contribution in [1.29, 1.82) is 0 Å². The minimum absolute atomic E-state index is 0.0225. The van der Waals surface area contributed by atoms with E-state index in [2.05, 4.69) is 5.32 Å². The van der Waals surface area contributed by atoms with Gasteiger partial charge in [0.25, 0.3) is 11.8 Å². The number of halogens is 1. The van der Waals surface area contributed by atoms with Crippen LogP contribution in [0.15, 0.2) is 35.5 Å². The van der Waals surface area contributed by atoms with Crippen LogP contribution in [0.1, 0.15) is 57.8 Å². The summed E-state index contributed by atoms with van der Waals surface area (Å²) in [5, 5.41) is 3.83. The van der Waals surface area contributed by atoms with Crippen LogP contribution in [-0.4, -0.2) is 29.0 Å². The highest BCUT2D eigenvalue weighted by Crippen LogP contribution is 2.41. The van der Waals surface area contributed by atoms with Crippen LogP contribution in [0.2, 0.25) is 5.02 Å². The van der Waals surface area contributed by atoms with Gasteiger partial charge >= 0.3 is 0 Å². The van der Waals surface area contributed by atoms with E-state index in [1.165, 1.54) is 0 Å². The van der Waals surface area contributed by atoms with Gasteiger partial charge in [-0.15, -0.1) is 0 Å². The standard InChI is InChI=1S/C21H25ClN2O3/c22-15-8-10-16(11-9-15)27-14-19(25)24-18-7-3-2-6-17(18)20(26)23-21(24)12-4-1-5-13-21/h8-11H,1-7,12-14H2,(H,23,26). The lowest BCUT2D eigenvalue weighted by Crippen LogP contribution is -2.66. The highest BCUT2D eigenvalue weighted by molar-refractivity contribution is 6.30. The minimum Gasteiger partial charge on any atom is -0.484 e. The van der Waals surface area contributed by atoms with Crippen LogP contribution in [0.25, 0.3) is 0 Å². The van der Waals surface area contributed by atoms with Crippen LogP contribution in [0, 0.1) is 0 Å². The highest BCUT2D eigenvalue weighted by atomic mass is 35.5. The third kappa shape index (κ3) is 3.57. The first-order valence-corrected chi connectivity index (χ1v) is 10.2. The van der Waals surface area contributed by atoms with Gasteiger partial charge in [0.05, 0.1) is 0 Å². The summed E-state index contributed by atoms with van der Waals surface area (Å²) in [5.41, 5.74) is 1.14. The first-order valence-electron chi connectivity index (χ1n) is 9.85. The maximum atomic E-state index is 13.3. The van der Waals surface area contributed by atoms with Gasteiger partial charge in [-0.1, -0.05) is 18.0 Å². The summed E-state index contributed by atoms with van der Waals surface area (Å²) in [6.45, 7) is -0.0456. The number of hydrogen-bond donors (Lipinski definition) is 1. The second kappa shape index (κ2) is 7.55. The van der Waals surface area contributed by atoms with Crippen LogP contribution >= 0.6 is 11.6 Å². The first kappa shape index (κ1) is 18.4. The predicted molar refractivity (Wildman–Crippen MR) is 103 cm³/mol. The maximum Gasteiger partial charge on any atom is 0.266 e. The second-order valence-electron chi connectivity index (χ2n) is 7.65. The fraction of sp³-hybridized carbons (Fsp3) is 0.524. The number of carbonyl (C=O) groups is 2. The monoisotopic (exact) mass is 388 g/mol. The Morgan fingerprint density at radius 2 is 1.78 bits per heavy atom. The molecular weight excluding hydrogens is 364 g/mol. The molecule has 0 saturated heterocycles. The van der Waals surface area contributed by atoms with Gasteiger partial charge in [0, 0.05) is 16.3 Å². The van der Waals surface area contributed by atoms with Crippen LogP contribution in [-0.2, 0) is 9.59 Å². The number of allylic oxidation sites excluding steroid dienone is 1. The topological polar surface area (TPSA) is 58.6 Å². The van der Waals surface area contributed by atoms with Gasteiger partial charge < -0.3 is 10.1 Å². The number of ether oxygens (including phenoxy) is 1. The summed E-state index contributed by atoms with van der Waals surface area (Å²) in [4.78, 5) is 27.9. The van der Waals surface area contributed by atoms with E-state index in [1.807, 2.05) is 4.90 Å². The molecule has 1 fully saturated rings. The normalized spacial score (nSPS) is 21.7. The third-order valence-electron chi connectivity index (χ3n) is 5.86. The summed E-state index contributed by atoms with van der Waals surface area (Å²) in [6, 6.07) is 7.00. The zero-order valence-electron chi connectivity index (χ0n) is 15.4. The lowest BCUT2D eigenvalue weighted by molar-refractivity contribution is -0.144. The lowest BCUT2D eigenvalue weighted by atomic mass is 9.82. The smallest absolute Gasteiger partial charge is 0.266 e. The van der Waals surface area contributed by atoms with Crippen molar-refractivity contribution in [2.24, 2.45) is 0 Å². The average Bonchev–Trinajstić information content (AvgIpc) is 2.68. The number of amides is 2. The zero-order chi connectivity index (χ0) is 18.9. The van der Waals surface area contributed by atoms with Gasteiger partial charge in [0.15, 0.2) is 6.61 Å². The molecule has 6 heteroatoms. The fourth-order valence-corrected chi connectivity index (χ4v) is 4.72. The van der Waals surface area contributed by atoms with Crippen molar-refractivity contribution in [3.05, 3.63) is 40.6 Å². The molecule has 4 rings (SSSR count). The first-order chi connectivity index (χ1) is 13.1. The molecule has 1 saturated carbocycles. The molecule has 1 aromatic rings. The quantitative estimate of drug-likeness (QED) is 0.845. The van der Waals surface area contributed by atoms with Crippen molar-refractivity contribution in [2.75, 3.05) is 6.61 Å². The second-order valence-corrected chi connectivity index (χ2v) is 8.09. The van der Waals surface area contributed by atoms with Crippen LogP contribution in [0.3, 0.4) is 0 Å². The molecule has 2 amide bonds. The zero-order valence-corrected chi connectivity index (χ0v) is 16.2. The van der Waals surface area contributed by atoms with E-state index in [1.54, 1.807) is 24.3 Å². The molecule has 2 aliphatic carbocycles. The molecule has 1 aromatic carbocycles. The Hall–Kier alpha value is -2.01. The van der Waals surface area contributed by atoms with Crippen molar-refractivity contribution >= 4 is 23.4 Å². The molecule has 3 aliphatic rings. The lowest BCUT2D eigenvalue weighted by Gasteiger charge is -2.51. The van der Waals surface area contributed by atoms with E-state index in [4.69, 9.17) is 16.3 Å². The van der Waals surface area contributed by atoms with Crippen LogP contribution < -0.4 is 10.1 Å². The Balaban J connectivity index is 1.60. The fourth-order valence-electron chi connectivity index (χ4n) is 4.60. The molecule has 1 N–H and O–H groups in total. The van der Waals surface area contributed by atoms with E-state index < -0.39 is 5.66 Å². The number of benzene rings is 1. The predicted octanol–water partition coefficient (Wildman–Crippen LogP) is 4.17.